The highest BCUT2D eigenvalue weighted by molar-refractivity contribution is 5.85. The van der Waals surface area contributed by atoms with Gasteiger partial charge in [-0.25, -0.2) is 0 Å². The molecule has 7 heteroatoms. The standard InChI is InChI=1S/C13H16N4O2.ClH/c1-9(15-12(18)8-14)13-16-11(17-19-13)7-10-5-3-2-4-6-10;/h2-6,9H,7-8,14H2,1H3,(H,15,18);1H. The first kappa shape index (κ1) is 16.1. The zero-order chi connectivity index (χ0) is 13.7. The van der Waals surface area contributed by atoms with Gasteiger partial charge in [0.15, 0.2) is 5.82 Å². The molecule has 0 fully saturated rings. The summed E-state index contributed by atoms with van der Waals surface area (Å²) in [4.78, 5) is 15.4. The fourth-order valence-electron chi connectivity index (χ4n) is 1.66. The Morgan fingerprint density at radius 1 is 1.40 bits per heavy atom. The van der Waals surface area contributed by atoms with Gasteiger partial charge in [-0.15, -0.1) is 12.4 Å². The molecule has 0 saturated heterocycles. The number of carbonyl (C=O) groups is 1. The highest BCUT2D eigenvalue weighted by Gasteiger charge is 2.15. The Bertz CT molecular complexity index is 544. The molecule has 2 aromatic rings. The van der Waals surface area contributed by atoms with Gasteiger partial charge in [-0.05, 0) is 12.5 Å². The van der Waals surface area contributed by atoms with Gasteiger partial charge in [0.05, 0.1) is 6.54 Å². The molecule has 0 bridgehead atoms. The van der Waals surface area contributed by atoms with Crippen LogP contribution in [0.25, 0.3) is 0 Å². The van der Waals surface area contributed by atoms with Crippen molar-refractivity contribution in [2.24, 2.45) is 5.73 Å². The molecule has 2 rings (SSSR count). The van der Waals surface area contributed by atoms with E-state index in [0.717, 1.165) is 5.56 Å². The Kier molecular flexibility index (Phi) is 6.14. The molecule has 1 amide bonds. The van der Waals surface area contributed by atoms with E-state index in [4.69, 9.17) is 10.3 Å². The number of hydrogen-bond acceptors (Lipinski definition) is 5. The largest absolute Gasteiger partial charge is 0.343 e. The lowest BCUT2D eigenvalue weighted by molar-refractivity contribution is -0.120. The second-order valence-electron chi connectivity index (χ2n) is 4.20. The Morgan fingerprint density at radius 2 is 2.10 bits per heavy atom. The van der Waals surface area contributed by atoms with Crippen molar-refractivity contribution in [3.8, 4) is 0 Å². The van der Waals surface area contributed by atoms with E-state index in [0.29, 0.717) is 18.1 Å². The summed E-state index contributed by atoms with van der Waals surface area (Å²) in [5.41, 5.74) is 6.33. The van der Waals surface area contributed by atoms with Crippen LogP contribution in [0.5, 0.6) is 0 Å². The van der Waals surface area contributed by atoms with Gasteiger partial charge >= 0.3 is 0 Å². The molecule has 1 heterocycles. The summed E-state index contributed by atoms with van der Waals surface area (Å²) in [6.45, 7) is 1.71. The number of aromatic nitrogens is 2. The highest BCUT2D eigenvalue weighted by atomic mass is 35.5. The smallest absolute Gasteiger partial charge is 0.248 e. The van der Waals surface area contributed by atoms with Crippen LogP contribution < -0.4 is 11.1 Å². The second-order valence-corrected chi connectivity index (χ2v) is 4.20. The number of nitrogens with one attached hydrogen (secondary N) is 1. The van der Waals surface area contributed by atoms with Crippen LogP contribution in [-0.4, -0.2) is 22.6 Å². The van der Waals surface area contributed by atoms with Crippen molar-refractivity contribution in [3.63, 3.8) is 0 Å². The summed E-state index contributed by atoms with van der Waals surface area (Å²) in [7, 11) is 0. The maximum absolute atomic E-state index is 11.2. The van der Waals surface area contributed by atoms with Gasteiger partial charge in [-0.3, -0.25) is 4.79 Å². The molecule has 0 aliphatic carbocycles. The lowest BCUT2D eigenvalue weighted by atomic mass is 10.1. The summed E-state index contributed by atoms with van der Waals surface area (Å²) in [5, 5.41) is 6.56. The first-order valence-corrected chi connectivity index (χ1v) is 6.05. The van der Waals surface area contributed by atoms with Crippen LogP contribution in [0.3, 0.4) is 0 Å². The molecule has 0 aliphatic heterocycles. The van der Waals surface area contributed by atoms with Gasteiger partial charge in [0.1, 0.15) is 6.04 Å². The number of halogens is 1. The van der Waals surface area contributed by atoms with E-state index in [1.807, 2.05) is 30.3 Å². The summed E-state index contributed by atoms with van der Waals surface area (Å²) >= 11 is 0. The van der Waals surface area contributed by atoms with Crippen molar-refractivity contribution in [2.45, 2.75) is 19.4 Å². The third kappa shape index (κ3) is 4.32. The van der Waals surface area contributed by atoms with Gasteiger partial charge in [0.25, 0.3) is 0 Å². The molecule has 0 spiro atoms. The average molecular weight is 297 g/mol. The van der Waals surface area contributed by atoms with Gasteiger partial charge in [0, 0.05) is 6.42 Å². The number of nitrogens with two attached hydrogens (primary N) is 1. The number of hydrogen-bond donors (Lipinski definition) is 2. The summed E-state index contributed by atoms with van der Waals surface area (Å²) in [5.74, 6) is 0.720. The molecule has 1 atom stereocenters. The Labute approximate surface area is 123 Å². The number of nitrogens with zero attached hydrogens (tertiary/aromatic N) is 2. The summed E-state index contributed by atoms with van der Waals surface area (Å²) in [6, 6.07) is 9.52. The molecule has 20 heavy (non-hydrogen) atoms. The maximum Gasteiger partial charge on any atom is 0.248 e. The first-order chi connectivity index (χ1) is 9.19. The van der Waals surface area contributed by atoms with Crippen LogP contribution in [0.2, 0.25) is 0 Å². The molecular formula is C13H17ClN4O2. The fraction of sp³-hybridized carbons (Fsp3) is 0.308. The van der Waals surface area contributed by atoms with Crippen molar-refractivity contribution in [1.82, 2.24) is 15.5 Å². The third-order valence-corrected chi connectivity index (χ3v) is 2.62. The minimum Gasteiger partial charge on any atom is -0.343 e. The van der Waals surface area contributed by atoms with Crippen LogP contribution in [0.15, 0.2) is 34.9 Å². The van der Waals surface area contributed by atoms with Crippen molar-refractivity contribution in [1.29, 1.82) is 0 Å². The number of amides is 1. The lowest BCUT2D eigenvalue weighted by Gasteiger charge is -2.07. The molecule has 1 aromatic carbocycles. The predicted molar refractivity (Wildman–Crippen MR) is 76.4 cm³/mol. The lowest BCUT2D eigenvalue weighted by Crippen LogP contribution is -2.32. The molecule has 1 unspecified atom stereocenters. The Balaban J connectivity index is 0.00000200. The van der Waals surface area contributed by atoms with E-state index >= 15 is 0 Å². The fourth-order valence-corrected chi connectivity index (χ4v) is 1.66. The molecule has 1 aromatic heterocycles. The van der Waals surface area contributed by atoms with Gasteiger partial charge in [0.2, 0.25) is 11.8 Å². The molecular weight excluding hydrogens is 280 g/mol. The summed E-state index contributed by atoms with van der Waals surface area (Å²) in [6.07, 6.45) is 0.599. The zero-order valence-corrected chi connectivity index (χ0v) is 11.9. The normalized spacial score (nSPS) is 11.5. The van der Waals surface area contributed by atoms with Gasteiger partial charge < -0.3 is 15.6 Å². The van der Waals surface area contributed by atoms with E-state index < -0.39 is 0 Å². The van der Waals surface area contributed by atoms with Gasteiger partial charge in [-0.2, -0.15) is 4.98 Å². The Hall–Kier alpha value is -1.92. The second kappa shape index (κ2) is 7.62. The van der Waals surface area contributed by atoms with Gasteiger partial charge in [-0.1, -0.05) is 35.5 Å². The topological polar surface area (TPSA) is 94.0 Å². The highest BCUT2D eigenvalue weighted by Crippen LogP contribution is 2.11. The quantitative estimate of drug-likeness (QED) is 0.865. The van der Waals surface area contributed by atoms with Crippen molar-refractivity contribution in [3.05, 3.63) is 47.6 Å². The maximum atomic E-state index is 11.2. The molecule has 0 aliphatic rings. The van der Waals surface area contributed by atoms with Crippen LogP contribution in [-0.2, 0) is 11.2 Å². The van der Waals surface area contributed by atoms with E-state index in [9.17, 15) is 4.79 Å². The van der Waals surface area contributed by atoms with Crippen molar-refractivity contribution < 1.29 is 9.32 Å². The molecule has 6 nitrogen and oxygen atoms in total. The van der Waals surface area contributed by atoms with Crippen LogP contribution in [0.1, 0.15) is 30.2 Å². The number of benzene rings is 1. The minimum atomic E-state index is -0.340. The minimum absolute atomic E-state index is 0. The number of rotatable bonds is 5. The van der Waals surface area contributed by atoms with E-state index in [2.05, 4.69) is 15.5 Å². The van der Waals surface area contributed by atoms with E-state index in [-0.39, 0.29) is 30.9 Å². The third-order valence-electron chi connectivity index (χ3n) is 2.62. The average Bonchev–Trinajstić information content (AvgIpc) is 2.88. The molecule has 108 valence electrons. The Morgan fingerprint density at radius 3 is 2.75 bits per heavy atom. The molecule has 0 saturated carbocycles. The van der Waals surface area contributed by atoms with Crippen molar-refractivity contribution >= 4 is 18.3 Å². The van der Waals surface area contributed by atoms with E-state index in [1.165, 1.54) is 0 Å². The molecule has 0 radical (unpaired) electrons. The van der Waals surface area contributed by atoms with Crippen LogP contribution in [0.4, 0.5) is 0 Å². The van der Waals surface area contributed by atoms with Crippen LogP contribution >= 0.6 is 12.4 Å². The van der Waals surface area contributed by atoms with E-state index in [1.54, 1.807) is 6.92 Å². The monoisotopic (exact) mass is 296 g/mol. The zero-order valence-electron chi connectivity index (χ0n) is 11.1. The predicted octanol–water partition coefficient (Wildman–Crippen LogP) is 1.22. The SMILES string of the molecule is CC(NC(=O)CN)c1nc(Cc2ccccc2)no1.Cl. The first-order valence-electron chi connectivity index (χ1n) is 6.05. The van der Waals surface area contributed by atoms with Crippen molar-refractivity contribution in [2.75, 3.05) is 6.54 Å². The van der Waals surface area contributed by atoms with Crippen LogP contribution in [0, 0.1) is 0 Å². The number of carbonyl (C=O) groups excluding carboxylic acids is 1. The summed E-state index contributed by atoms with van der Waals surface area (Å²) < 4.78 is 5.13. The molecule has 3 N–H and O–H groups in total.